The Morgan fingerprint density at radius 3 is 2.20 bits per heavy atom. The highest BCUT2D eigenvalue weighted by Gasteiger charge is 2.32. The van der Waals surface area contributed by atoms with Gasteiger partial charge < -0.3 is 19.7 Å². The first kappa shape index (κ1) is 30.8. The van der Waals surface area contributed by atoms with Gasteiger partial charge in [0.25, 0.3) is 10.0 Å². The number of halogens is 1. The summed E-state index contributed by atoms with van der Waals surface area (Å²) in [5.41, 5.74) is 1.22. The molecule has 3 aromatic carbocycles. The first-order valence-electron chi connectivity index (χ1n) is 12.7. The van der Waals surface area contributed by atoms with E-state index in [1.54, 1.807) is 26.0 Å². The smallest absolute Gasteiger partial charge is 0.264 e. The Bertz CT molecular complexity index is 1400. The number of carbonyl (C=O) groups excluding carboxylic acids is 2. The molecule has 0 aromatic heterocycles. The van der Waals surface area contributed by atoms with Crippen LogP contribution in [0.4, 0.5) is 5.69 Å². The van der Waals surface area contributed by atoms with E-state index in [9.17, 15) is 18.0 Å². The van der Waals surface area contributed by atoms with E-state index in [0.717, 1.165) is 9.87 Å². The van der Waals surface area contributed by atoms with Crippen molar-refractivity contribution in [1.29, 1.82) is 0 Å². The lowest BCUT2D eigenvalue weighted by Crippen LogP contribution is -2.52. The van der Waals surface area contributed by atoms with Crippen molar-refractivity contribution in [2.45, 2.75) is 31.2 Å². The van der Waals surface area contributed by atoms with E-state index in [1.807, 2.05) is 30.3 Å². The van der Waals surface area contributed by atoms with Gasteiger partial charge in [0.05, 0.1) is 24.8 Å². The van der Waals surface area contributed by atoms with Crippen molar-refractivity contribution in [3.8, 4) is 11.5 Å². The van der Waals surface area contributed by atoms with Gasteiger partial charge in [-0.2, -0.15) is 0 Å². The van der Waals surface area contributed by atoms with Crippen LogP contribution in [0.1, 0.15) is 19.4 Å². The second-order valence-electron chi connectivity index (χ2n) is 8.90. The van der Waals surface area contributed by atoms with Crippen LogP contribution in [0.2, 0.25) is 5.02 Å². The maximum atomic E-state index is 14.0. The number of carbonyl (C=O) groups is 2. The third-order valence-corrected chi connectivity index (χ3v) is 8.36. The van der Waals surface area contributed by atoms with Gasteiger partial charge in [-0.3, -0.25) is 13.9 Å². The SMILES string of the molecule is CCNC(=O)[C@@H](C)N(CCc1ccccc1)C(=O)CN(c1ccc(Cl)cc1)S(=O)(=O)c1ccc(OC)c(OC)c1. The number of hydrogen-bond donors (Lipinski definition) is 1. The lowest BCUT2D eigenvalue weighted by Gasteiger charge is -2.32. The minimum absolute atomic E-state index is 0.0967. The van der Waals surface area contributed by atoms with Crippen molar-refractivity contribution in [2.75, 3.05) is 38.2 Å². The molecule has 3 aromatic rings. The van der Waals surface area contributed by atoms with Gasteiger partial charge in [0.2, 0.25) is 11.8 Å². The molecule has 3 rings (SSSR count). The fourth-order valence-corrected chi connectivity index (χ4v) is 5.69. The van der Waals surface area contributed by atoms with Crippen molar-refractivity contribution in [1.82, 2.24) is 10.2 Å². The number of nitrogens with zero attached hydrogens (tertiary/aromatic N) is 2. The summed E-state index contributed by atoms with van der Waals surface area (Å²) < 4.78 is 39.5. The first-order chi connectivity index (χ1) is 19.1. The summed E-state index contributed by atoms with van der Waals surface area (Å²) in [5.74, 6) is -0.280. The quantitative estimate of drug-likeness (QED) is 0.322. The monoisotopic (exact) mass is 587 g/mol. The number of ether oxygens (including phenoxy) is 2. The number of rotatable bonds is 13. The summed E-state index contributed by atoms with van der Waals surface area (Å²) in [7, 11) is -1.42. The Balaban J connectivity index is 2.01. The van der Waals surface area contributed by atoms with Crippen LogP contribution in [0, 0.1) is 0 Å². The molecule has 11 heteroatoms. The summed E-state index contributed by atoms with van der Waals surface area (Å²) >= 11 is 6.06. The van der Waals surface area contributed by atoms with Crippen LogP contribution >= 0.6 is 11.6 Å². The summed E-state index contributed by atoms with van der Waals surface area (Å²) in [6, 6.07) is 19.1. The van der Waals surface area contributed by atoms with Crippen LogP contribution in [0.5, 0.6) is 11.5 Å². The third kappa shape index (κ3) is 7.45. The number of benzene rings is 3. The molecule has 1 atom stereocenters. The van der Waals surface area contributed by atoms with Gasteiger partial charge in [0.1, 0.15) is 12.6 Å². The topological polar surface area (TPSA) is 105 Å². The van der Waals surface area contributed by atoms with Crippen LogP contribution < -0.4 is 19.1 Å². The number of hydrogen-bond acceptors (Lipinski definition) is 6. The Hall–Kier alpha value is -3.76. The second kappa shape index (κ2) is 14.0. The zero-order valence-corrected chi connectivity index (χ0v) is 24.5. The summed E-state index contributed by atoms with van der Waals surface area (Å²) in [6.07, 6.45) is 0.486. The highest BCUT2D eigenvalue weighted by atomic mass is 35.5. The van der Waals surface area contributed by atoms with E-state index in [4.69, 9.17) is 21.1 Å². The van der Waals surface area contributed by atoms with Crippen LogP contribution in [0.15, 0.2) is 77.7 Å². The Morgan fingerprint density at radius 1 is 0.950 bits per heavy atom. The molecule has 0 aliphatic rings. The van der Waals surface area contributed by atoms with Crippen molar-refractivity contribution in [3.63, 3.8) is 0 Å². The predicted octanol–water partition coefficient (Wildman–Crippen LogP) is 4.15. The predicted molar refractivity (Wildman–Crippen MR) is 156 cm³/mol. The van der Waals surface area contributed by atoms with Crippen molar-refractivity contribution < 1.29 is 27.5 Å². The van der Waals surface area contributed by atoms with E-state index in [-0.39, 0.29) is 28.8 Å². The summed E-state index contributed by atoms with van der Waals surface area (Å²) in [6.45, 7) is 3.49. The zero-order valence-electron chi connectivity index (χ0n) is 23.0. The molecule has 1 N–H and O–H groups in total. The lowest BCUT2D eigenvalue weighted by molar-refractivity contribution is -0.138. The molecule has 0 saturated carbocycles. The van der Waals surface area contributed by atoms with Crippen LogP contribution in [0.3, 0.4) is 0 Å². The number of sulfonamides is 1. The first-order valence-corrected chi connectivity index (χ1v) is 14.6. The van der Waals surface area contributed by atoms with Crippen molar-refractivity contribution in [2.24, 2.45) is 0 Å². The molecule has 40 heavy (non-hydrogen) atoms. The van der Waals surface area contributed by atoms with Gasteiger partial charge in [0.15, 0.2) is 11.5 Å². The van der Waals surface area contributed by atoms with E-state index < -0.39 is 28.5 Å². The van der Waals surface area contributed by atoms with Crippen LogP contribution in [-0.4, -0.2) is 65.0 Å². The molecule has 0 aliphatic carbocycles. The van der Waals surface area contributed by atoms with Gasteiger partial charge in [0, 0.05) is 24.2 Å². The van der Waals surface area contributed by atoms with E-state index in [0.29, 0.717) is 23.7 Å². The Kier molecular flexibility index (Phi) is 10.8. The van der Waals surface area contributed by atoms with Crippen molar-refractivity contribution >= 4 is 39.1 Å². The number of nitrogens with one attached hydrogen (secondary N) is 1. The standard InChI is InChI=1S/C29H34ClN3O6S/c1-5-31-29(35)21(2)32(18-17-22-9-7-6-8-10-22)28(34)20-33(24-13-11-23(30)12-14-24)40(36,37)25-15-16-26(38-3)27(19-25)39-4/h6-16,19,21H,5,17-18,20H2,1-4H3,(H,31,35)/t21-/m1/s1. The molecule has 9 nitrogen and oxygen atoms in total. The molecular weight excluding hydrogens is 554 g/mol. The second-order valence-corrected chi connectivity index (χ2v) is 11.2. The Labute approximate surface area is 240 Å². The largest absolute Gasteiger partial charge is 0.493 e. The van der Waals surface area contributed by atoms with E-state index in [1.165, 1.54) is 49.5 Å². The molecule has 0 unspecified atom stereocenters. The van der Waals surface area contributed by atoms with Gasteiger partial charge >= 0.3 is 0 Å². The third-order valence-electron chi connectivity index (χ3n) is 6.34. The minimum Gasteiger partial charge on any atom is -0.493 e. The summed E-state index contributed by atoms with van der Waals surface area (Å²) in [5, 5.41) is 3.15. The van der Waals surface area contributed by atoms with Gasteiger partial charge in [-0.1, -0.05) is 41.9 Å². The number of methoxy groups -OCH3 is 2. The molecular formula is C29H34ClN3O6S. The fourth-order valence-electron chi connectivity index (χ4n) is 4.13. The molecule has 0 aliphatic heterocycles. The molecule has 0 heterocycles. The highest BCUT2D eigenvalue weighted by molar-refractivity contribution is 7.92. The number of amides is 2. The van der Waals surface area contributed by atoms with Gasteiger partial charge in [-0.15, -0.1) is 0 Å². The highest BCUT2D eigenvalue weighted by Crippen LogP contribution is 2.32. The average molecular weight is 588 g/mol. The molecule has 2 amide bonds. The maximum absolute atomic E-state index is 14.0. The minimum atomic E-state index is -4.27. The molecule has 214 valence electrons. The fraction of sp³-hybridized carbons (Fsp3) is 0.310. The normalized spacial score (nSPS) is 11.8. The lowest BCUT2D eigenvalue weighted by atomic mass is 10.1. The van der Waals surface area contributed by atoms with Gasteiger partial charge in [-0.05, 0) is 62.2 Å². The van der Waals surface area contributed by atoms with E-state index >= 15 is 0 Å². The Morgan fingerprint density at radius 2 is 1.60 bits per heavy atom. The van der Waals surface area contributed by atoms with Crippen molar-refractivity contribution in [3.05, 3.63) is 83.4 Å². The molecule has 0 bridgehead atoms. The molecule has 0 spiro atoms. The van der Waals surface area contributed by atoms with Crippen LogP contribution in [0.25, 0.3) is 0 Å². The summed E-state index contributed by atoms with van der Waals surface area (Å²) in [4.78, 5) is 27.9. The molecule has 0 saturated heterocycles. The van der Waals surface area contributed by atoms with Gasteiger partial charge in [-0.25, -0.2) is 8.42 Å². The number of likely N-dealkylation sites (N-methyl/N-ethyl adjacent to an activating group) is 1. The molecule has 0 radical (unpaired) electrons. The van der Waals surface area contributed by atoms with E-state index in [2.05, 4.69) is 5.32 Å². The average Bonchev–Trinajstić information content (AvgIpc) is 2.96. The number of anilines is 1. The maximum Gasteiger partial charge on any atom is 0.264 e. The zero-order chi connectivity index (χ0) is 29.3. The van der Waals surface area contributed by atoms with Crippen LogP contribution in [-0.2, 0) is 26.0 Å². The molecule has 0 fully saturated rings.